The molecule has 1 aromatic carbocycles. The second kappa shape index (κ2) is 6.04. The molecule has 0 amide bonds. The van der Waals surface area contributed by atoms with Crippen molar-refractivity contribution in [2.24, 2.45) is 0 Å². The summed E-state index contributed by atoms with van der Waals surface area (Å²) in [4.78, 5) is 7.79. The monoisotopic (exact) mass is 277 g/mol. The Bertz CT molecular complexity index is 553. The summed E-state index contributed by atoms with van der Waals surface area (Å²) in [5.41, 5.74) is 10.9. The molecule has 19 heavy (non-hydrogen) atoms. The van der Waals surface area contributed by atoms with Gasteiger partial charge in [0.05, 0.1) is 18.3 Å². The average molecular weight is 277 g/mol. The first kappa shape index (κ1) is 13.8. The van der Waals surface area contributed by atoms with Crippen LogP contribution in [0.25, 0.3) is 0 Å². The van der Waals surface area contributed by atoms with Crippen LogP contribution in [-0.2, 0) is 13.1 Å². The van der Waals surface area contributed by atoms with Crippen LogP contribution in [0, 0.1) is 6.92 Å². The fourth-order valence-corrected chi connectivity index (χ4v) is 2.77. The number of aromatic nitrogens is 1. The number of ether oxygens (including phenoxy) is 1. The molecule has 1 heterocycles. The van der Waals surface area contributed by atoms with Crippen LogP contribution in [0.1, 0.15) is 16.1 Å². The normalized spacial score (nSPS) is 10.9. The van der Waals surface area contributed by atoms with Gasteiger partial charge < -0.3 is 10.5 Å². The molecule has 0 aliphatic heterocycles. The first-order chi connectivity index (χ1) is 9.10. The molecule has 2 N–H and O–H groups in total. The topological polar surface area (TPSA) is 51.4 Å². The number of nitrogens with zero attached hydrogens (tertiary/aromatic N) is 2. The van der Waals surface area contributed by atoms with Crippen molar-refractivity contribution in [3.8, 4) is 5.75 Å². The van der Waals surface area contributed by atoms with Crippen LogP contribution in [0.3, 0.4) is 0 Å². The lowest BCUT2D eigenvalue weighted by Crippen LogP contribution is -2.18. The standard InChI is InChI=1S/C14H19N3OS/c1-10-14(19-9-16-10)8-17(2)7-11-6-12(18-3)4-5-13(11)15/h4-6,9H,7-8,15H2,1-3H3. The highest BCUT2D eigenvalue weighted by atomic mass is 32.1. The molecule has 0 aliphatic carbocycles. The third-order valence-electron chi connectivity index (χ3n) is 3.05. The molecule has 0 atom stereocenters. The molecule has 0 saturated heterocycles. The Kier molecular flexibility index (Phi) is 4.39. The maximum atomic E-state index is 6.00. The SMILES string of the molecule is COc1ccc(N)c(CN(C)Cc2scnc2C)c1. The van der Waals surface area contributed by atoms with E-state index in [1.165, 1.54) is 4.88 Å². The zero-order valence-corrected chi connectivity index (χ0v) is 12.3. The summed E-state index contributed by atoms with van der Waals surface area (Å²) >= 11 is 1.69. The van der Waals surface area contributed by atoms with Crippen LogP contribution in [0.15, 0.2) is 23.7 Å². The zero-order valence-electron chi connectivity index (χ0n) is 11.5. The van der Waals surface area contributed by atoms with Crippen molar-refractivity contribution in [3.63, 3.8) is 0 Å². The highest BCUT2D eigenvalue weighted by Crippen LogP contribution is 2.22. The second-order valence-electron chi connectivity index (χ2n) is 4.60. The molecule has 1 aromatic heterocycles. The van der Waals surface area contributed by atoms with Crippen molar-refractivity contribution in [2.45, 2.75) is 20.0 Å². The molecule has 0 aliphatic rings. The van der Waals surface area contributed by atoms with Gasteiger partial charge in [-0.25, -0.2) is 4.98 Å². The number of hydrogen-bond acceptors (Lipinski definition) is 5. The second-order valence-corrected chi connectivity index (χ2v) is 5.54. The minimum atomic E-state index is 0.792. The minimum absolute atomic E-state index is 0.792. The van der Waals surface area contributed by atoms with E-state index in [1.807, 2.05) is 30.6 Å². The van der Waals surface area contributed by atoms with Gasteiger partial charge in [-0.05, 0) is 37.7 Å². The van der Waals surface area contributed by atoms with E-state index in [-0.39, 0.29) is 0 Å². The lowest BCUT2D eigenvalue weighted by atomic mass is 10.1. The number of methoxy groups -OCH3 is 1. The summed E-state index contributed by atoms with van der Waals surface area (Å²) < 4.78 is 5.23. The van der Waals surface area contributed by atoms with Crippen molar-refractivity contribution in [1.29, 1.82) is 0 Å². The quantitative estimate of drug-likeness (QED) is 0.854. The number of thiazole rings is 1. The average Bonchev–Trinajstić information content (AvgIpc) is 2.78. The molecule has 2 aromatic rings. The van der Waals surface area contributed by atoms with Crippen LogP contribution >= 0.6 is 11.3 Å². The van der Waals surface area contributed by atoms with Crippen molar-refractivity contribution in [1.82, 2.24) is 9.88 Å². The third-order valence-corrected chi connectivity index (χ3v) is 3.97. The van der Waals surface area contributed by atoms with E-state index in [0.29, 0.717) is 0 Å². The van der Waals surface area contributed by atoms with E-state index >= 15 is 0 Å². The molecule has 5 heteroatoms. The number of anilines is 1. The number of nitrogens with two attached hydrogens (primary N) is 1. The smallest absolute Gasteiger partial charge is 0.119 e. The molecule has 0 unspecified atom stereocenters. The van der Waals surface area contributed by atoms with Gasteiger partial charge in [0.15, 0.2) is 0 Å². The zero-order chi connectivity index (χ0) is 13.8. The van der Waals surface area contributed by atoms with E-state index in [0.717, 1.165) is 35.8 Å². The summed E-state index contributed by atoms with van der Waals surface area (Å²) in [6, 6.07) is 5.76. The Balaban J connectivity index is 2.06. The van der Waals surface area contributed by atoms with Crippen molar-refractivity contribution in [2.75, 3.05) is 19.9 Å². The molecule has 0 fully saturated rings. The highest BCUT2D eigenvalue weighted by Gasteiger charge is 2.09. The van der Waals surface area contributed by atoms with Crippen LogP contribution in [-0.4, -0.2) is 24.0 Å². The largest absolute Gasteiger partial charge is 0.497 e. The maximum absolute atomic E-state index is 6.00. The van der Waals surface area contributed by atoms with Gasteiger partial charge in [-0.15, -0.1) is 11.3 Å². The van der Waals surface area contributed by atoms with Crippen LogP contribution in [0.4, 0.5) is 5.69 Å². The lowest BCUT2D eigenvalue weighted by Gasteiger charge is -2.18. The first-order valence-electron chi connectivity index (χ1n) is 6.10. The Labute approximate surface area is 117 Å². The fraction of sp³-hybridized carbons (Fsp3) is 0.357. The minimum Gasteiger partial charge on any atom is -0.497 e. The molecule has 2 rings (SSSR count). The fourth-order valence-electron chi connectivity index (χ4n) is 1.92. The van der Waals surface area contributed by atoms with Crippen LogP contribution < -0.4 is 10.5 Å². The summed E-state index contributed by atoms with van der Waals surface area (Å²) in [6.07, 6.45) is 0. The molecule has 102 valence electrons. The maximum Gasteiger partial charge on any atom is 0.119 e. The Morgan fingerprint density at radius 2 is 2.16 bits per heavy atom. The van der Waals surface area contributed by atoms with Gasteiger partial charge in [0.25, 0.3) is 0 Å². The molecular weight excluding hydrogens is 258 g/mol. The van der Waals surface area contributed by atoms with Crippen molar-refractivity contribution >= 4 is 17.0 Å². The molecule has 0 radical (unpaired) electrons. The van der Waals surface area contributed by atoms with E-state index in [9.17, 15) is 0 Å². The summed E-state index contributed by atoms with van der Waals surface area (Å²) in [7, 11) is 3.75. The van der Waals surface area contributed by atoms with Gasteiger partial charge >= 0.3 is 0 Å². The predicted octanol–water partition coefficient (Wildman–Crippen LogP) is 2.67. The number of nitrogen functional groups attached to an aromatic ring is 1. The van der Waals surface area contributed by atoms with Crippen LogP contribution in [0.5, 0.6) is 5.75 Å². The first-order valence-corrected chi connectivity index (χ1v) is 6.98. The number of rotatable bonds is 5. The third kappa shape index (κ3) is 3.45. The molecular formula is C14H19N3OS. The molecule has 0 saturated carbocycles. The van der Waals surface area contributed by atoms with Gasteiger partial charge in [0.2, 0.25) is 0 Å². The Hall–Kier alpha value is -1.59. The Morgan fingerprint density at radius 1 is 1.37 bits per heavy atom. The summed E-state index contributed by atoms with van der Waals surface area (Å²) in [6.45, 7) is 3.72. The Morgan fingerprint density at radius 3 is 2.79 bits per heavy atom. The number of hydrogen-bond donors (Lipinski definition) is 1. The molecule has 4 nitrogen and oxygen atoms in total. The summed E-state index contributed by atoms with van der Waals surface area (Å²) in [5.74, 6) is 0.839. The van der Waals surface area contributed by atoms with Gasteiger partial charge in [0, 0.05) is 23.7 Å². The molecule has 0 spiro atoms. The number of aryl methyl sites for hydroxylation is 1. The predicted molar refractivity (Wildman–Crippen MR) is 79.4 cm³/mol. The lowest BCUT2D eigenvalue weighted by molar-refractivity contribution is 0.320. The van der Waals surface area contributed by atoms with E-state index in [2.05, 4.69) is 16.9 Å². The van der Waals surface area contributed by atoms with Crippen molar-refractivity contribution in [3.05, 3.63) is 39.8 Å². The summed E-state index contributed by atoms with van der Waals surface area (Å²) in [5, 5.41) is 0. The van der Waals surface area contributed by atoms with Gasteiger partial charge in [-0.1, -0.05) is 0 Å². The van der Waals surface area contributed by atoms with Gasteiger partial charge in [-0.2, -0.15) is 0 Å². The van der Waals surface area contributed by atoms with E-state index in [1.54, 1.807) is 18.4 Å². The van der Waals surface area contributed by atoms with Crippen LogP contribution in [0.2, 0.25) is 0 Å². The van der Waals surface area contributed by atoms with E-state index < -0.39 is 0 Å². The molecule has 0 bridgehead atoms. The number of benzene rings is 1. The van der Waals surface area contributed by atoms with Gasteiger partial charge in [-0.3, -0.25) is 4.90 Å². The highest BCUT2D eigenvalue weighted by molar-refractivity contribution is 7.09. The van der Waals surface area contributed by atoms with Gasteiger partial charge in [0.1, 0.15) is 5.75 Å². The van der Waals surface area contributed by atoms with E-state index in [4.69, 9.17) is 10.5 Å². The van der Waals surface area contributed by atoms with Crippen molar-refractivity contribution < 1.29 is 4.74 Å².